The summed E-state index contributed by atoms with van der Waals surface area (Å²) in [5.41, 5.74) is 3.02. The fraction of sp³-hybridized carbons (Fsp3) is 0.500. The van der Waals surface area contributed by atoms with Crippen LogP contribution >= 0.6 is 0 Å². The van der Waals surface area contributed by atoms with Crippen LogP contribution in [0.15, 0.2) is 24.4 Å². The van der Waals surface area contributed by atoms with Crippen molar-refractivity contribution in [3.8, 4) is 11.5 Å². The van der Waals surface area contributed by atoms with Crippen LogP contribution in [0.2, 0.25) is 0 Å². The second-order valence-electron chi connectivity index (χ2n) is 6.11. The first-order valence-corrected chi connectivity index (χ1v) is 9.20. The molecule has 1 atom stereocenters. The summed E-state index contributed by atoms with van der Waals surface area (Å²) in [4.78, 5) is 12.5. The van der Waals surface area contributed by atoms with Gasteiger partial charge in [0, 0.05) is 17.8 Å². The highest BCUT2D eigenvalue weighted by atomic mass is 16.5. The van der Waals surface area contributed by atoms with Gasteiger partial charge in [0.05, 0.1) is 31.9 Å². The van der Waals surface area contributed by atoms with Gasteiger partial charge in [0.2, 0.25) is 5.91 Å². The van der Waals surface area contributed by atoms with E-state index in [1.165, 1.54) is 0 Å². The lowest BCUT2D eigenvalue weighted by atomic mass is 10.1. The van der Waals surface area contributed by atoms with Gasteiger partial charge in [-0.15, -0.1) is 0 Å². The highest BCUT2D eigenvalue weighted by Gasteiger charge is 2.16. The van der Waals surface area contributed by atoms with Crippen molar-refractivity contribution in [1.29, 1.82) is 0 Å². The molecule has 1 unspecified atom stereocenters. The van der Waals surface area contributed by atoms with E-state index in [0.717, 1.165) is 23.4 Å². The molecule has 6 nitrogen and oxygen atoms in total. The fourth-order valence-electron chi connectivity index (χ4n) is 2.97. The molecule has 26 heavy (non-hydrogen) atoms. The molecule has 1 aromatic carbocycles. The highest BCUT2D eigenvalue weighted by Crippen LogP contribution is 2.28. The maximum atomic E-state index is 12.5. The fourth-order valence-corrected chi connectivity index (χ4v) is 2.97. The van der Waals surface area contributed by atoms with Crippen LogP contribution in [-0.4, -0.2) is 28.9 Å². The summed E-state index contributed by atoms with van der Waals surface area (Å²) >= 11 is 0. The molecular formula is C20H29N3O3. The Labute approximate surface area is 155 Å². The van der Waals surface area contributed by atoms with Crippen LogP contribution in [0.25, 0.3) is 0 Å². The van der Waals surface area contributed by atoms with E-state index < -0.39 is 0 Å². The molecule has 0 spiro atoms. The van der Waals surface area contributed by atoms with Gasteiger partial charge in [0.25, 0.3) is 0 Å². The Morgan fingerprint density at radius 2 is 1.88 bits per heavy atom. The number of aryl methyl sites for hydroxylation is 1. The minimum atomic E-state index is -0.0862. The van der Waals surface area contributed by atoms with Gasteiger partial charge in [-0.3, -0.25) is 9.48 Å². The van der Waals surface area contributed by atoms with Gasteiger partial charge in [-0.05, 0) is 52.3 Å². The average molecular weight is 359 g/mol. The second-order valence-corrected chi connectivity index (χ2v) is 6.11. The Bertz CT molecular complexity index is 740. The van der Waals surface area contributed by atoms with E-state index in [-0.39, 0.29) is 18.4 Å². The minimum absolute atomic E-state index is 0.0345. The van der Waals surface area contributed by atoms with E-state index >= 15 is 0 Å². The van der Waals surface area contributed by atoms with Crippen molar-refractivity contribution < 1.29 is 14.3 Å². The van der Waals surface area contributed by atoms with Gasteiger partial charge < -0.3 is 14.8 Å². The van der Waals surface area contributed by atoms with Crippen molar-refractivity contribution >= 4 is 5.91 Å². The molecule has 0 aliphatic carbocycles. The van der Waals surface area contributed by atoms with Crippen LogP contribution in [-0.2, 0) is 17.8 Å². The number of nitrogens with one attached hydrogen (secondary N) is 1. The number of ether oxygens (including phenoxy) is 2. The van der Waals surface area contributed by atoms with Gasteiger partial charge in [-0.2, -0.15) is 5.10 Å². The zero-order valence-corrected chi connectivity index (χ0v) is 16.3. The van der Waals surface area contributed by atoms with Gasteiger partial charge >= 0.3 is 0 Å². The number of hydrogen-bond donors (Lipinski definition) is 1. The summed E-state index contributed by atoms with van der Waals surface area (Å²) in [6.07, 6.45) is 2.12. The second kappa shape index (κ2) is 9.27. The zero-order chi connectivity index (χ0) is 19.1. The molecule has 2 aromatic rings. The lowest BCUT2D eigenvalue weighted by Crippen LogP contribution is -2.28. The van der Waals surface area contributed by atoms with Crippen molar-refractivity contribution in [2.45, 2.75) is 53.6 Å². The third-order valence-corrected chi connectivity index (χ3v) is 4.26. The van der Waals surface area contributed by atoms with Crippen LogP contribution in [0.3, 0.4) is 0 Å². The summed E-state index contributed by atoms with van der Waals surface area (Å²) in [5.74, 6) is 1.34. The van der Waals surface area contributed by atoms with Crippen molar-refractivity contribution in [3.05, 3.63) is 41.2 Å². The monoisotopic (exact) mass is 359 g/mol. The normalized spacial score (nSPS) is 11.9. The molecule has 1 aromatic heterocycles. The predicted octanol–water partition coefficient (Wildman–Crippen LogP) is 3.43. The van der Waals surface area contributed by atoms with Gasteiger partial charge in [-0.25, -0.2) is 0 Å². The van der Waals surface area contributed by atoms with E-state index in [2.05, 4.69) is 17.3 Å². The van der Waals surface area contributed by atoms with Crippen molar-refractivity contribution in [2.24, 2.45) is 0 Å². The average Bonchev–Trinajstić information content (AvgIpc) is 2.98. The minimum Gasteiger partial charge on any atom is -0.490 e. The molecular weight excluding hydrogens is 330 g/mol. The topological polar surface area (TPSA) is 65.4 Å². The Morgan fingerprint density at radius 3 is 2.50 bits per heavy atom. The lowest BCUT2D eigenvalue weighted by Gasteiger charge is -2.15. The molecule has 0 aliphatic heterocycles. The molecule has 2 rings (SSSR count). The van der Waals surface area contributed by atoms with Gasteiger partial charge in [-0.1, -0.05) is 6.07 Å². The van der Waals surface area contributed by atoms with Crippen LogP contribution in [0.5, 0.6) is 11.5 Å². The first-order chi connectivity index (χ1) is 12.5. The maximum Gasteiger partial charge on any atom is 0.224 e. The molecule has 0 aliphatic rings. The molecule has 1 heterocycles. The van der Waals surface area contributed by atoms with E-state index in [0.29, 0.717) is 24.7 Å². The summed E-state index contributed by atoms with van der Waals surface area (Å²) < 4.78 is 13.1. The van der Waals surface area contributed by atoms with Crippen molar-refractivity contribution in [2.75, 3.05) is 13.2 Å². The summed E-state index contributed by atoms with van der Waals surface area (Å²) in [6, 6.07) is 5.55. The predicted molar refractivity (Wildman–Crippen MR) is 102 cm³/mol. The van der Waals surface area contributed by atoms with Crippen LogP contribution < -0.4 is 14.8 Å². The summed E-state index contributed by atoms with van der Waals surface area (Å²) in [5, 5.41) is 7.39. The van der Waals surface area contributed by atoms with E-state index in [9.17, 15) is 4.79 Å². The lowest BCUT2D eigenvalue weighted by molar-refractivity contribution is -0.121. The molecule has 0 radical (unpaired) electrons. The number of nitrogens with zero attached hydrogens (tertiary/aromatic N) is 2. The molecule has 0 bridgehead atoms. The Balaban J connectivity index is 2.04. The third-order valence-electron chi connectivity index (χ3n) is 4.26. The molecule has 6 heteroatoms. The smallest absolute Gasteiger partial charge is 0.224 e. The Kier molecular flexibility index (Phi) is 7.06. The molecule has 1 amide bonds. The summed E-state index contributed by atoms with van der Waals surface area (Å²) in [7, 11) is 0. The first kappa shape index (κ1) is 19.8. The molecule has 1 N–H and O–H groups in total. The number of rotatable bonds is 9. The highest BCUT2D eigenvalue weighted by molar-refractivity contribution is 5.79. The molecule has 142 valence electrons. The maximum absolute atomic E-state index is 12.5. The molecule has 0 fully saturated rings. The standard InChI is InChI=1S/C20H29N3O3/c1-6-23-15(5)17(13-21-23)14(4)22-20(24)12-16-9-10-18(25-7-2)19(11-16)26-8-3/h9-11,13-14H,6-8,12H2,1-5H3,(H,22,24). The third kappa shape index (κ3) is 4.77. The molecule has 0 saturated carbocycles. The summed E-state index contributed by atoms with van der Waals surface area (Å²) in [6.45, 7) is 11.8. The van der Waals surface area contributed by atoms with Crippen LogP contribution in [0.4, 0.5) is 0 Å². The number of hydrogen-bond acceptors (Lipinski definition) is 4. The number of amides is 1. The first-order valence-electron chi connectivity index (χ1n) is 9.20. The number of aromatic nitrogens is 2. The van der Waals surface area contributed by atoms with E-state index in [4.69, 9.17) is 9.47 Å². The van der Waals surface area contributed by atoms with Gasteiger partial charge in [0.1, 0.15) is 0 Å². The van der Waals surface area contributed by atoms with E-state index in [1.807, 2.05) is 56.8 Å². The van der Waals surface area contributed by atoms with Crippen LogP contribution in [0.1, 0.15) is 50.6 Å². The van der Waals surface area contributed by atoms with Crippen LogP contribution in [0, 0.1) is 6.92 Å². The Morgan fingerprint density at radius 1 is 1.19 bits per heavy atom. The number of benzene rings is 1. The van der Waals surface area contributed by atoms with Crippen molar-refractivity contribution in [1.82, 2.24) is 15.1 Å². The quantitative estimate of drug-likeness (QED) is 0.745. The van der Waals surface area contributed by atoms with Gasteiger partial charge in [0.15, 0.2) is 11.5 Å². The number of carbonyl (C=O) groups is 1. The number of carbonyl (C=O) groups excluding carboxylic acids is 1. The van der Waals surface area contributed by atoms with E-state index in [1.54, 1.807) is 0 Å². The SMILES string of the molecule is CCOc1ccc(CC(=O)NC(C)c2cnn(CC)c2C)cc1OCC. The zero-order valence-electron chi connectivity index (χ0n) is 16.3. The molecule has 0 saturated heterocycles. The largest absolute Gasteiger partial charge is 0.490 e. The Hall–Kier alpha value is -2.50. The van der Waals surface area contributed by atoms with Crippen molar-refractivity contribution in [3.63, 3.8) is 0 Å².